The van der Waals surface area contributed by atoms with Crippen LogP contribution in [0.15, 0.2) is 27.0 Å². The van der Waals surface area contributed by atoms with E-state index in [1.807, 2.05) is 7.05 Å². The van der Waals surface area contributed by atoms with E-state index in [0.717, 1.165) is 35.5 Å². The fourth-order valence-electron chi connectivity index (χ4n) is 3.08. The van der Waals surface area contributed by atoms with Crippen LogP contribution in [-0.4, -0.2) is 66.6 Å². The number of aliphatic hydroxyl groups excluding tert-OH is 1. The van der Waals surface area contributed by atoms with Gasteiger partial charge in [0.25, 0.3) is 0 Å². The van der Waals surface area contributed by atoms with Crippen molar-refractivity contribution >= 4 is 11.6 Å². The summed E-state index contributed by atoms with van der Waals surface area (Å²) < 4.78 is 5.14. The van der Waals surface area contributed by atoms with Crippen molar-refractivity contribution in [3.8, 4) is 0 Å². The van der Waals surface area contributed by atoms with Crippen LogP contribution in [0, 0.1) is 5.92 Å². The topological polar surface area (TPSA) is 117 Å². The lowest BCUT2D eigenvalue weighted by Gasteiger charge is -2.26. The van der Waals surface area contributed by atoms with Gasteiger partial charge in [-0.05, 0) is 13.5 Å². The molecular formula is C16H23N5O3. The lowest BCUT2D eigenvalue weighted by Crippen LogP contribution is -2.35. The van der Waals surface area contributed by atoms with Crippen molar-refractivity contribution in [2.24, 2.45) is 16.6 Å². The number of carbonyl (C=O) groups is 1. The molecule has 0 aliphatic carbocycles. The van der Waals surface area contributed by atoms with Crippen LogP contribution in [0.4, 0.5) is 0 Å². The molecule has 3 heterocycles. The van der Waals surface area contributed by atoms with E-state index in [1.54, 1.807) is 6.26 Å². The van der Waals surface area contributed by atoms with Crippen LogP contribution in [0.25, 0.3) is 0 Å². The Balaban J connectivity index is 1.91. The molecule has 8 heteroatoms. The number of hydrogen-bond donors (Lipinski definition) is 3. The van der Waals surface area contributed by atoms with Gasteiger partial charge >= 0.3 is 0 Å². The molecule has 0 saturated heterocycles. The van der Waals surface area contributed by atoms with Gasteiger partial charge in [0.05, 0.1) is 24.8 Å². The third kappa shape index (κ3) is 3.34. The van der Waals surface area contributed by atoms with Crippen LogP contribution in [0.1, 0.15) is 17.7 Å². The van der Waals surface area contributed by atoms with Crippen molar-refractivity contribution < 1.29 is 14.4 Å². The molecule has 2 aliphatic heterocycles. The molecule has 0 bridgehead atoms. The number of nitrogens with two attached hydrogens (primary N) is 1. The molecule has 130 valence electrons. The molecule has 2 aliphatic rings. The van der Waals surface area contributed by atoms with E-state index in [9.17, 15) is 4.79 Å². The second-order valence-electron chi connectivity index (χ2n) is 6.28. The molecule has 1 unspecified atom stereocenters. The maximum atomic E-state index is 12.3. The van der Waals surface area contributed by atoms with E-state index in [-0.39, 0.29) is 25.0 Å². The molecule has 1 aromatic heterocycles. The summed E-state index contributed by atoms with van der Waals surface area (Å²) >= 11 is 0. The summed E-state index contributed by atoms with van der Waals surface area (Å²) in [5.41, 5.74) is 10.3. The molecule has 0 saturated carbocycles. The minimum absolute atomic E-state index is 0.0821. The van der Waals surface area contributed by atoms with Crippen molar-refractivity contribution in [2.45, 2.75) is 12.8 Å². The Kier molecular flexibility index (Phi) is 4.96. The Labute approximate surface area is 140 Å². The average Bonchev–Trinajstić information content (AvgIpc) is 2.95. The monoisotopic (exact) mass is 333 g/mol. The summed E-state index contributed by atoms with van der Waals surface area (Å²) in [6.45, 7) is 2.15. The van der Waals surface area contributed by atoms with Gasteiger partial charge in [-0.2, -0.15) is 0 Å². The average molecular weight is 333 g/mol. The summed E-state index contributed by atoms with van der Waals surface area (Å²) in [6, 6.07) is 0. The van der Waals surface area contributed by atoms with Crippen LogP contribution in [0.5, 0.6) is 0 Å². The zero-order valence-electron chi connectivity index (χ0n) is 13.8. The summed E-state index contributed by atoms with van der Waals surface area (Å²) in [5, 5.41) is 15.7. The fraction of sp³-hybridized carbons (Fsp3) is 0.562. The first kappa shape index (κ1) is 16.7. The maximum Gasteiger partial charge on any atom is 0.225 e. The molecule has 8 nitrogen and oxygen atoms in total. The fourth-order valence-corrected chi connectivity index (χ4v) is 3.08. The van der Waals surface area contributed by atoms with Gasteiger partial charge < -0.3 is 25.6 Å². The van der Waals surface area contributed by atoms with Gasteiger partial charge in [0.2, 0.25) is 5.91 Å². The molecule has 1 amide bonds. The lowest BCUT2D eigenvalue weighted by molar-refractivity contribution is -0.124. The number of nitrogens with one attached hydrogen (secondary N) is 1. The Bertz CT molecular complexity index is 679. The molecule has 0 fully saturated rings. The first-order valence-electron chi connectivity index (χ1n) is 8.13. The number of amides is 1. The summed E-state index contributed by atoms with van der Waals surface area (Å²) in [6.07, 6.45) is 2.87. The van der Waals surface area contributed by atoms with Crippen LogP contribution < -0.4 is 11.1 Å². The van der Waals surface area contributed by atoms with Gasteiger partial charge in [0, 0.05) is 42.9 Å². The third-order valence-corrected chi connectivity index (χ3v) is 4.45. The SMILES string of the molecule is CN1CCC(N)=C(C2=NCC(C(=O)NCCO)Cc3conc32)C1. The third-order valence-electron chi connectivity index (χ3n) is 4.45. The van der Waals surface area contributed by atoms with Gasteiger partial charge in [-0.25, -0.2) is 0 Å². The predicted octanol–water partition coefficient (Wildman–Crippen LogP) is -0.707. The molecule has 1 atom stereocenters. The van der Waals surface area contributed by atoms with E-state index in [1.165, 1.54) is 0 Å². The normalized spacial score (nSPS) is 21.9. The van der Waals surface area contributed by atoms with E-state index < -0.39 is 0 Å². The summed E-state index contributed by atoms with van der Waals surface area (Å²) in [5.74, 6) is -0.431. The largest absolute Gasteiger partial charge is 0.402 e. The van der Waals surface area contributed by atoms with Crippen LogP contribution in [0.3, 0.4) is 0 Å². The number of aliphatic hydroxyl groups is 1. The Morgan fingerprint density at radius 3 is 3.21 bits per heavy atom. The van der Waals surface area contributed by atoms with Gasteiger partial charge in [-0.1, -0.05) is 5.16 Å². The van der Waals surface area contributed by atoms with Crippen molar-refractivity contribution in [2.75, 3.05) is 39.8 Å². The van der Waals surface area contributed by atoms with Gasteiger partial charge in [0.1, 0.15) is 12.0 Å². The molecular weight excluding hydrogens is 310 g/mol. The number of nitrogens with zero attached hydrogens (tertiary/aromatic N) is 3. The first-order valence-corrected chi connectivity index (χ1v) is 8.13. The van der Waals surface area contributed by atoms with Crippen LogP contribution in [-0.2, 0) is 11.2 Å². The Morgan fingerprint density at radius 2 is 2.42 bits per heavy atom. The highest BCUT2D eigenvalue weighted by molar-refractivity contribution is 6.13. The number of hydrogen-bond acceptors (Lipinski definition) is 7. The minimum atomic E-state index is -0.310. The van der Waals surface area contributed by atoms with Crippen LogP contribution >= 0.6 is 0 Å². The van der Waals surface area contributed by atoms with Gasteiger partial charge in [-0.15, -0.1) is 0 Å². The maximum absolute atomic E-state index is 12.3. The van der Waals surface area contributed by atoms with E-state index >= 15 is 0 Å². The van der Waals surface area contributed by atoms with E-state index in [4.69, 9.17) is 15.4 Å². The molecule has 3 rings (SSSR count). The van der Waals surface area contributed by atoms with Crippen molar-refractivity contribution in [3.63, 3.8) is 0 Å². The zero-order chi connectivity index (χ0) is 17.1. The highest BCUT2D eigenvalue weighted by atomic mass is 16.5. The number of carbonyl (C=O) groups excluding carboxylic acids is 1. The minimum Gasteiger partial charge on any atom is -0.402 e. The number of likely N-dealkylation sites (N-methyl/N-ethyl adjacent to an activating group) is 1. The molecule has 0 aromatic carbocycles. The number of aromatic nitrogens is 1. The summed E-state index contributed by atoms with van der Waals surface area (Å²) in [7, 11) is 2.04. The second kappa shape index (κ2) is 7.14. The smallest absolute Gasteiger partial charge is 0.225 e. The molecule has 4 N–H and O–H groups in total. The summed E-state index contributed by atoms with van der Waals surface area (Å²) in [4.78, 5) is 19.1. The van der Waals surface area contributed by atoms with Crippen molar-refractivity contribution in [3.05, 3.63) is 28.8 Å². The first-order chi connectivity index (χ1) is 11.6. The van der Waals surface area contributed by atoms with Crippen molar-refractivity contribution in [1.29, 1.82) is 0 Å². The van der Waals surface area contributed by atoms with Gasteiger partial charge in [0.15, 0.2) is 0 Å². The predicted molar refractivity (Wildman–Crippen MR) is 88.5 cm³/mol. The highest BCUT2D eigenvalue weighted by Gasteiger charge is 2.30. The van der Waals surface area contributed by atoms with Gasteiger partial charge in [-0.3, -0.25) is 9.79 Å². The number of rotatable bonds is 4. The standard InChI is InChI=1S/C16H23N5O3/c1-21-4-2-13(17)12(8-21)15-14-11(9-24-20-14)6-10(7-19-15)16(23)18-3-5-22/h9-10,22H,2-8,17H2,1H3,(H,18,23). The van der Waals surface area contributed by atoms with Crippen molar-refractivity contribution in [1.82, 2.24) is 15.4 Å². The molecule has 0 spiro atoms. The van der Waals surface area contributed by atoms with E-state index in [2.05, 4.69) is 20.4 Å². The molecule has 24 heavy (non-hydrogen) atoms. The Morgan fingerprint density at radius 1 is 1.58 bits per heavy atom. The Hall–Kier alpha value is -2.19. The molecule has 0 radical (unpaired) electrons. The quantitative estimate of drug-likeness (QED) is 0.670. The van der Waals surface area contributed by atoms with Crippen LogP contribution in [0.2, 0.25) is 0 Å². The lowest BCUT2D eigenvalue weighted by atomic mass is 9.96. The number of aliphatic imine (C=N–C) groups is 1. The second-order valence-corrected chi connectivity index (χ2v) is 6.28. The zero-order valence-corrected chi connectivity index (χ0v) is 13.8. The number of fused-ring (bicyclic) bond motifs is 1. The molecule has 1 aromatic rings. The highest BCUT2D eigenvalue weighted by Crippen LogP contribution is 2.25. The van der Waals surface area contributed by atoms with E-state index in [0.29, 0.717) is 25.2 Å².